The number of nitrogens with zero attached hydrogens (tertiary/aromatic N) is 3. The summed E-state index contributed by atoms with van der Waals surface area (Å²) < 4.78 is 6.61. The van der Waals surface area contributed by atoms with Crippen LogP contribution in [0.1, 0.15) is 24.1 Å². The van der Waals surface area contributed by atoms with E-state index in [2.05, 4.69) is 21.8 Å². The minimum Gasteiger partial charge on any atom is -0.495 e. The van der Waals surface area contributed by atoms with Gasteiger partial charge in [-0.1, -0.05) is 42.5 Å². The molecule has 8 heteroatoms. The highest BCUT2D eigenvalue weighted by Gasteiger charge is 2.50. The van der Waals surface area contributed by atoms with Crippen molar-refractivity contribution in [2.45, 2.75) is 18.7 Å². The zero-order valence-electron chi connectivity index (χ0n) is 16.5. The Labute approximate surface area is 173 Å². The van der Waals surface area contributed by atoms with Gasteiger partial charge < -0.3 is 20.5 Å². The number of nitriles is 1. The molecule has 1 amide bonds. The number of hydrogen-bond acceptors (Lipinski definition) is 6. The van der Waals surface area contributed by atoms with E-state index in [1.807, 2.05) is 30.3 Å². The van der Waals surface area contributed by atoms with Crippen molar-refractivity contribution in [1.82, 2.24) is 9.78 Å². The van der Waals surface area contributed by atoms with Crippen LogP contribution in [0.15, 0.2) is 60.8 Å². The second kappa shape index (κ2) is 7.54. The van der Waals surface area contributed by atoms with Crippen molar-refractivity contribution in [2.75, 3.05) is 17.7 Å². The maximum Gasteiger partial charge on any atom is 0.234 e. The summed E-state index contributed by atoms with van der Waals surface area (Å²) in [5.41, 5.74) is -0.104. The number of carbonyl (C=O) groups is 1. The number of anilines is 2. The molecule has 8 nitrogen and oxygen atoms in total. The summed E-state index contributed by atoms with van der Waals surface area (Å²) in [5, 5.41) is 31.1. The average molecular weight is 403 g/mol. The molecule has 0 bridgehead atoms. The highest BCUT2D eigenvalue weighted by Crippen LogP contribution is 2.44. The largest absolute Gasteiger partial charge is 0.495 e. The molecule has 0 saturated heterocycles. The molecule has 0 spiro atoms. The first-order valence-corrected chi connectivity index (χ1v) is 9.43. The van der Waals surface area contributed by atoms with Crippen molar-refractivity contribution in [3.05, 3.63) is 71.9 Å². The van der Waals surface area contributed by atoms with Gasteiger partial charge in [-0.05, 0) is 24.6 Å². The van der Waals surface area contributed by atoms with E-state index in [1.54, 1.807) is 24.3 Å². The van der Waals surface area contributed by atoms with Crippen molar-refractivity contribution in [2.24, 2.45) is 5.92 Å². The van der Waals surface area contributed by atoms with E-state index >= 15 is 0 Å². The van der Waals surface area contributed by atoms with Crippen LogP contribution in [0.2, 0.25) is 0 Å². The molecular formula is C22H21N5O3. The molecular weight excluding hydrogens is 382 g/mol. The second-order valence-corrected chi connectivity index (χ2v) is 7.22. The number of ether oxygens (including phenoxy) is 1. The normalized spacial score (nSPS) is 22.3. The lowest BCUT2D eigenvalue weighted by Crippen LogP contribution is -2.53. The number of aromatic nitrogens is 2. The van der Waals surface area contributed by atoms with Crippen LogP contribution in [0, 0.1) is 17.2 Å². The first kappa shape index (κ1) is 19.5. The molecule has 2 heterocycles. The number of nitrogens with one attached hydrogen (secondary N) is 2. The fourth-order valence-corrected chi connectivity index (χ4v) is 3.88. The summed E-state index contributed by atoms with van der Waals surface area (Å²) in [4.78, 5) is 13.4. The van der Waals surface area contributed by atoms with Crippen LogP contribution in [0.4, 0.5) is 11.5 Å². The van der Waals surface area contributed by atoms with E-state index in [4.69, 9.17) is 4.74 Å². The Balaban J connectivity index is 1.80. The third kappa shape index (κ3) is 3.15. The highest BCUT2D eigenvalue weighted by atomic mass is 16.5. The summed E-state index contributed by atoms with van der Waals surface area (Å²) in [6, 6.07) is 17.9. The Morgan fingerprint density at radius 2 is 1.97 bits per heavy atom. The number of amides is 1. The smallest absolute Gasteiger partial charge is 0.234 e. The van der Waals surface area contributed by atoms with Gasteiger partial charge in [-0.15, -0.1) is 0 Å². The van der Waals surface area contributed by atoms with Crippen LogP contribution in [-0.4, -0.2) is 27.9 Å². The van der Waals surface area contributed by atoms with E-state index in [-0.39, 0.29) is 0 Å². The first-order valence-electron chi connectivity index (χ1n) is 9.43. The van der Waals surface area contributed by atoms with Gasteiger partial charge in [-0.3, -0.25) is 4.79 Å². The molecule has 30 heavy (non-hydrogen) atoms. The van der Waals surface area contributed by atoms with Gasteiger partial charge in [0.05, 0.1) is 25.0 Å². The number of aliphatic hydroxyl groups is 1. The molecule has 152 valence electrons. The monoisotopic (exact) mass is 403 g/mol. The summed E-state index contributed by atoms with van der Waals surface area (Å²) in [5.74, 6) is -0.482. The first-order chi connectivity index (χ1) is 14.5. The van der Waals surface area contributed by atoms with Crippen LogP contribution in [-0.2, 0) is 10.5 Å². The average Bonchev–Trinajstić information content (AvgIpc) is 3.18. The number of hydrogen-bond donors (Lipinski definition) is 3. The molecule has 2 aromatic carbocycles. The van der Waals surface area contributed by atoms with Gasteiger partial charge in [0, 0.05) is 0 Å². The molecule has 3 N–H and O–H groups in total. The van der Waals surface area contributed by atoms with Crippen molar-refractivity contribution >= 4 is 17.4 Å². The SMILES string of the molecule is COc1ccccc1NC(=O)[C@@H]1[C@H](c2ccccc2)Nc2c(C#N)cnn2[C@@]1(C)O. The Morgan fingerprint density at radius 3 is 2.67 bits per heavy atom. The molecule has 4 rings (SSSR count). The fourth-order valence-electron chi connectivity index (χ4n) is 3.88. The van der Waals surface area contributed by atoms with E-state index in [1.165, 1.54) is 24.9 Å². The molecule has 0 radical (unpaired) electrons. The Hall–Kier alpha value is -3.83. The summed E-state index contributed by atoms with van der Waals surface area (Å²) in [7, 11) is 1.52. The number of benzene rings is 2. The lowest BCUT2D eigenvalue weighted by Gasteiger charge is -2.43. The van der Waals surface area contributed by atoms with Crippen molar-refractivity contribution in [3.8, 4) is 11.8 Å². The number of rotatable bonds is 4. The topological polar surface area (TPSA) is 112 Å². The molecule has 1 aromatic heterocycles. The predicted molar refractivity (Wildman–Crippen MR) is 111 cm³/mol. The van der Waals surface area contributed by atoms with Crippen molar-refractivity contribution < 1.29 is 14.6 Å². The zero-order valence-corrected chi connectivity index (χ0v) is 16.5. The minimum absolute atomic E-state index is 0.291. The van der Waals surface area contributed by atoms with Crippen molar-refractivity contribution in [3.63, 3.8) is 0 Å². The summed E-state index contributed by atoms with van der Waals surface area (Å²) >= 11 is 0. The van der Waals surface area contributed by atoms with Gasteiger partial charge >= 0.3 is 0 Å². The zero-order chi connectivity index (χ0) is 21.3. The number of fused-ring (bicyclic) bond motifs is 1. The molecule has 0 saturated carbocycles. The molecule has 0 unspecified atom stereocenters. The third-order valence-electron chi connectivity index (χ3n) is 5.34. The van der Waals surface area contributed by atoms with E-state index in [0.29, 0.717) is 22.8 Å². The van der Waals surface area contributed by atoms with Gasteiger partial charge in [0.1, 0.15) is 29.1 Å². The summed E-state index contributed by atoms with van der Waals surface area (Å²) in [6.07, 6.45) is 1.37. The van der Waals surface area contributed by atoms with Gasteiger partial charge in [-0.25, -0.2) is 4.68 Å². The third-order valence-corrected chi connectivity index (χ3v) is 5.34. The number of carbonyl (C=O) groups excluding carboxylic acids is 1. The van der Waals surface area contributed by atoms with E-state index in [9.17, 15) is 15.2 Å². The fraction of sp³-hybridized carbons (Fsp3) is 0.227. The van der Waals surface area contributed by atoms with Crippen LogP contribution >= 0.6 is 0 Å². The quantitative estimate of drug-likeness (QED) is 0.618. The van der Waals surface area contributed by atoms with Crippen molar-refractivity contribution in [1.29, 1.82) is 5.26 Å². The van der Waals surface area contributed by atoms with Crippen LogP contribution in [0.25, 0.3) is 0 Å². The molecule has 1 aliphatic heterocycles. The number of methoxy groups -OCH3 is 1. The van der Waals surface area contributed by atoms with E-state index in [0.717, 1.165) is 5.56 Å². The maximum absolute atomic E-state index is 13.4. The Morgan fingerprint density at radius 1 is 1.27 bits per heavy atom. The lowest BCUT2D eigenvalue weighted by atomic mass is 9.82. The van der Waals surface area contributed by atoms with Crippen LogP contribution in [0.3, 0.4) is 0 Å². The predicted octanol–water partition coefficient (Wildman–Crippen LogP) is 2.85. The van der Waals surface area contributed by atoms with Gasteiger partial charge in [0.15, 0.2) is 5.72 Å². The van der Waals surface area contributed by atoms with Crippen LogP contribution < -0.4 is 15.4 Å². The van der Waals surface area contributed by atoms with Gasteiger partial charge in [0.25, 0.3) is 0 Å². The second-order valence-electron chi connectivity index (χ2n) is 7.22. The van der Waals surface area contributed by atoms with Gasteiger partial charge in [-0.2, -0.15) is 10.4 Å². The maximum atomic E-state index is 13.4. The molecule has 1 aliphatic rings. The standard InChI is InChI=1S/C22H21N5O3/c1-22(29)18(21(28)25-16-10-6-7-11-17(16)30-2)19(14-8-4-3-5-9-14)26-20-15(12-23)13-24-27(20)22/h3-11,13,18-19,26,29H,1-2H3,(H,25,28)/t18-,19-,22-/m0/s1. The lowest BCUT2D eigenvalue weighted by molar-refractivity contribution is -0.143. The van der Waals surface area contributed by atoms with Gasteiger partial charge in [0.2, 0.25) is 5.91 Å². The highest BCUT2D eigenvalue weighted by molar-refractivity contribution is 5.95. The Bertz CT molecular complexity index is 1120. The van der Waals surface area contributed by atoms with E-state index < -0.39 is 23.6 Å². The minimum atomic E-state index is -1.69. The van der Waals surface area contributed by atoms with Crippen LogP contribution in [0.5, 0.6) is 5.75 Å². The molecule has 3 atom stereocenters. The number of para-hydroxylation sites is 2. The molecule has 0 aliphatic carbocycles. The Kier molecular flexibility index (Phi) is 4.90. The molecule has 3 aromatic rings. The molecule has 0 fully saturated rings. The summed E-state index contributed by atoms with van der Waals surface area (Å²) in [6.45, 7) is 1.52.